The van der Waals surface area contributed by atoms with Crippen LogP contribution in [0.2, 0.25) is 0 Å². The molecule has 1 aromatic heterocycles. The molecule has 0 unspecified atom stereocenters. The second kappa shape index (κ2) is 8.89. The van der Waals surface area contributed by atoms with Crippen LogP contribution >= 0.6 is 11.6 Å². The molecule has 3 aliphatic rings. The average Bonchev–Trinajstić information content (AvgIpc) is 3.11. The van der Waals surface area contributed by atoms with Crippen molar-refractivity contribution in [3.63, 3.8) is 0 Å². The van der Waals surface area contributed by atoms with Gasteiger partial charge < -0.3 is 19.7 Å². The topological polar surface area (TPSA) is 73.2 Å². The highest BCUT2D eigenvalue weighted by atomic mass is 35.5. The zero-order valence-corrected chi connectivity index (χ0v) is 18.2. The lowest BCUT2D eigenvalue weighted by molar-refractivity contribution is 0.143. The number of β-amino-alcohol motifs (C(OH)–C–C–N with tert-alkyl or cyclic N) is 1. The quantitative estimate of drug-likeness (QED) is 0.751. The van der Waals surface area contributed by atoms with Crippen molar-refractivity contribution in [2.75, 3.05) is 24.6 Å². The number of anilines is 1. The van der Waals surface area contributed by atoms with Gasteiger partial charge in [-0.1, -0.05) is 29.8 Å². The molecule has 31 heavy (non-hydrogen) atoms. The van der Waals surface area contributed by atoms with Crippen LogP contribution in [0.25, 0.3) is 11.8 Å². The molecule has 7 heteroatoms. The molecule has 0 saturated heterocycles. The Morgan fingerprint density at radius 1 is 1.16 bits per heavy atom. The highest BCUT2D eigenvalue weighted by Gasteiger charge is 2.30. The maximum Gasteiger partial charge on any atom is 0.119 e. The van der Waals surface area contributed by atoms with Crippen LogP contribution in [-0.2, 0) is 6.54 Å². The molecule has 1 saturated carbocycles. The van der Waals surface area contributed by atoms with E-state index in [9.17, 15) is 5.11 Å². The first kappa shape index (κ1) is 20.3. The van der Waals surface area contributed by atoms with Crippen LogP contribution in [0.5, 0.6) is 5.75 Å². The minimum Gasteiger partial charge on any atom is -0.490 e. The molecule has 0 bridgehead atoms. The number of nitrogens with one attached hydrogen (secondary N) is 1. The number of ether oxygens (including phenoxy) is 1. The lowest BCUT2D eigenvalue weighted by atomic mass is 9.81. The Hall–Kier alpha value is -2.57. The number of hydrogen-bond donors (Lipinski definition) is 2. The number of aliphatic hydroxyl groups is 1. The Morgan fingerprint density at radius 3 is 2.74 bits per heavy atom. The van der Waals surface area contributed by atoms with Gasteiger partial charge in [-0.15, -0.1) is 0 Å². The highest BCUT2D eigenvalue weighted by molar-refractivity contribution is 6.36. The van der Waals surface area contributed by atoms with Crippen molar-refractivity contribution < 1.29 is 9.84 Å². The second-order valence-corrected chi connectivity index (χ2v) is 8.73. The van der Waals surface area contributed by atoms with E-state index in [-0.39, 0.29) is 12.7 Å². The molecule has 1 aromatic carbocycles. The average molecular weight is 439 g/mol. The van der Waals surface area contributed by atoms with E-state index in [1.807, 2.05) is 30.3 Å². The second-order valence-electron chi connectivity index (χ2n) is 8.32. The van der Waals surface area contributed by atoms with Gasteiger partial charge >= 0.3 is 0 Å². The summed E-state index contributed by atoms with van der Waals surface area (Å²) in [7, 11) is 0. The number of H-pyrrole nitrogens is 1. The summed E-state index contributed by atoms with van der Waals surface area (Å²) in [6.45, 7) is 1.86. The van der Waals surface area contributed by atoms with Gasteiger partial charge in [0.2, 0.25) is 0 Å². The smallest absolute Gasteiger partial charge is 0.119 e. The molecule has 2 aliphatic heterocycles. The maximum atomic E-state index is 9.63. The van der Waals surface area contributed by atoms with Crippen LogP contribution in [0.1, 0.15) is 31.2 Å². The summed E-state index contributed by atoms with van der Waals surface area (Å²) in [5.74, 6) is 1.30. The first-order chi connectivity index (χ1) is 15.2. The van der Waals surface area contributed by atoms with Gasteiger partial charge in [-0.05, 0) is 55.4 Å². The molecule has 0 amide bonds. The molecule has 1 aliphatic carbocycles. The zero-order chi connectivity index (χ0) is 21.2. The normalized spacial score (nSPS) is 22.8. The number of aliphatic hydroxyl groups excluding tert-OH is 1. The minimum atomic E-state index is 0.0906. The number of fused-ring (bicyclic) bond motifs is 3. The molecular formula is C24H27ClN4O2. The largest absolute Gasteiger partial charge is 0.490 e. The molecule has 0 atom stereocenters. The van der Waals surface area contributed by atoms with Crippen LogP contribution in [0, 0.1) is 5.92 Å². The van der Waals surface area contributed by atoms with Crippen molar-refractivity contribution in [1.29, 1.82) is 0 Å². The first-order valence-electron chi connectivity index (χ1n) is 11.0. The lowest BCUT2D eigenvalue weighted by Crippen LogP contribution is -2.32. The van der Waals surface area contributed by atoms with E-state index in [1.165, 1.54) is 5.57 Å². The number of hydrogen-bond acceptors (Lipinski definition) is 5. The Kier molecular flexibility index (Phi) is 5.83. The number of nitrogens with zero attached hydrogens (tertiary/aromatic N) is 3. The van der Waals surface area contributed by atoms with E-state index >= 15 is 0 Å². The number of para-hydroxylation sites is 1. The summed E-state index contributed by atoms with van der Waals surface area (Å²) in [5.41, 5.74) is 3.43. The number of allylic oxidation sites excluding steroid dienone is 1. The van der Waals surface area contributed by atoms with E-state index in [1.54, 1.807) is 6.20 Å². The fourth-order valence-electron chi connectivity index (χ4n) is 4.97. The summed E-state index contributed by atoms with van der Waals surface area (Å²) in [5, 5.41) is 20.8. The molecule has 0 spiro atoms. The van der Waals surface area contributed by atoms with Crippen LogP contribution in [0.15, 0.2) is 51.7 Å². The van der Waals surface area contributed by atoms with Gasteiger partial charge in [-0.25, -0.2) is 0 Å². The Balaban J connectivity index is 1.47. The number of aromatic amines is 1. The van der Waals surface area contributed by atoms with Gasteiger partial charge in [0, 0.05) is 23.7 Å². The third-order valence-electron chi connectivity index (χ3n) is 6.44. The van der Waals surface area contributed by atoms with Gasteiger partial charge in [0.15, 0.2) is 0 Å². The van der Waals surface area contributed by atoms with Crippen molar-refractivity contribution in [1.82, 2.24) is 4.98 Å². The van der Waals surface area contributed by atoms with Gasteiger partial charge in [-0.2, -0.15) is 10.2 Å². The molecule has 5 rings (SSSR count). The predicted molar refractivity (Wildman–Crippen MR) is 123 cm³/mol. The predicted octanol–water partition coefficient (Wildman–Crippen LogP) is 3.44. The Bertz CT molecular complexity index is 1110. The van der Waals surface area contributed by atoms with E-state index in [0.29, 0.717) is 25.6 Å². The molecule has 3 heterocycles. The van der Waals surface area contributed by atoms with Crippen molar-refractivity contribution >= 4 is 29.1 Å². The number of benzene rings is 1. The molecule has 0 radical (unpaired) electrons. The molecule has 6 nitrogen and oxygen atoms in total. The maximum absolute atomic E-state index is 9.63. The lowest BCUT2D eigenvalue weighted by Gasteiger charge is -2.30. The summed E-state index contributed by atoms with van der Waals surface area (Å²) < 4.78 is 6.20. The summed E-state index contributed by atoms with van der Waals surface area (Å²) >= 11 is 6.87. The Morgan fingerprint density at radius 2 is 1.97 bits per heavy atom. The van der Waals surface area contributed by atoms with Crippen LogP contribution in [-0.4, -0.2) is 35.9 Å². The van der Waals surface area contributed by atoms with Crippen LogP contribution in [0.4, 0.5) is 5.69 Å². The molecule has 2 N–H and O–H groups in total. The zero-order valence-electron chi connectivity index (χ0n) is 17.4. The molecule has 162 valence electrons. The summed E-state index contributed by atoms with van der Waals surface area (Å²) in [6.07, 6.45) is 8.15. The van der Waals surface area contributed by atoms with Crippen molar-refractivity contribution in [3.05, 3.63) is 57.7 Å². The van der Waals surface area contributed by atoms with Crippen LogP contribution in [0.3, 0.4) is 0 Å². The molecule has 1 fully saturated rings. The van der Waals surface area contributed by atoms with Crippen molar-refractivity contribution in [3.8, 4) is 5.75 Å². The molecule has 2 aromatic rings. The Labute approximate surface area is 186 Å². The number of aromatic nitrogens is 1. The monoisotopic (exact) mass is 438 g/mol. The van der Waals surface area contributed by atoms with E-state index in [0.717, 1.165) is 58.4 Å². The summed E-state index contributed by atoms with van der Waals surface area (Å²) in [6, 6.07) is 10.1. The molecular weight excluding hydrogens is 412 g/mol. The van der Waals surface area contributed by atoms with Crippen LogP contribution < -0.4 is 20.3 Å². The van der Waals surface area contributed by atoms with E-state index in [2.05, 4.69) is 26.2 Å². The van der Waals surface area contributed by atoms with Gasteiger partial charge in [0.25, 0.3) is 0 Å². The summed E-state index contributed by atoms with van der Waals surface area (Å²) in [4.78, 5) is 5.78. The third kappa shape index (κ3) is 4.02. The minimum absolute atomic E-state index is 0.0906. The number of azo groups is 1. The fraction of sp³-hybridized carbons (Fsp3) is 0.417. The van der Waals surface area contributed by atoms with Gasteiger partial charge in [0.1, 0.15) is 5.75 Å². The number of rotatable bonds is 5. The van der Waals surface area contributed by atoms with E-state index < -0.39 is 0 Å². The first-order valence-corrected chi connectivity index (χ1v) is 11.4. The number of halogens is 1. The highest BCUT2D eigenvalue weighted by Crippen LogP contribution is 2.38. The third-order valence-corrected chi connectivity index (χ3v) is 6.79. The standard InChI is InChI=1S/C24H27ClN4O2/c25-20-10-11-29(12-13-30)24-19-14-26-27-15-21(19)28-23(24)22(20)16-6-8-18(9-7-16)31-17-4-2-1-3-5-17/h1-5,10,15-16,18,28,30H,6-9,11-14H2/t16-,18-. The van der Waals surface area contributed by atoms with Crippen molar-refractivity contribution in [2.45, 2.75) is 38.3 Å². The van der Waals surface area contributed by atoms with E-state index in [4.69, 9.17) is 16.3 Å². The fourth-order valence-corrected chi connectivity index (χ4v) is 5.28. The van der Waals surface area contributed by atoms with Gasteiger partial charge in [0.05, 0.1) is 41.8 Å². The van der Waals surface area contributed by atoms with Crippen molar-refractivity contribution in [2.24, 2.45) is 16.1 Å². The van der Waals surface area contributed by atoms with Gasteiger partial charge in [-0.3, -0.25) is 0 Å². The SMILES string of the molecule is OCCN1CC=C(Cl)C([C@H]2CC[C@H](Oc3ccccc3)CC2)=c2[nH]c3c(c21)CN=NC=3.